The minimum absolute atomic E-state index is 0.131. The smallest absolute Gasteiger partial charge is 0.278 e. The zero-order valence-electron chi connectivity index (χ0n) is 14.1. The van der Waals surface area contributed by atoms with Gasteiger partial charge in [0.2, 0.25) is 0 Å². The van der Waals surface area contributed by atoms with E-state index in [1.165, 1.54) is 12.7 Å². The topological polar surface area (TPSA) is 250 Å². The molecule has 1 aliphatic heterocycles. The number of aromatic nitrogens is 4. The summed E-state index contributed by atoms with van der Waals surface area (Å²) < 4.78 is 50.9. The summed E-state index contributed by atoms with van der Waals surface area (Å²) >= 11 is 0. The van der Waals surface area contributed by atoms with Crippen LogP contribution in [0, 0.1) is 0 Å². The van der Waals surface area contributed by atoms with Crippen LogP contribution in [-0.2, 0) is 31.6 Å². The van der Waals surface area contributed by atoms with Crippen LogP contribution in [-0.4, -0.2) is 38.8 Å². The van der Waals surface area contributed by atoms with Crippen LogP contribution < -0.4 is 25.3 Å². The molecule has 0 aromatic carbocycles. The molecule has 0 aliphatic carbocycles. The minimum atomic E-state index is -6.04. The third-order valence-electron chi connectivity index (χ3n) is 3.66. The number of rotatable bonds is 8. The number of hydrogen-bond acceptors (Lipinski definition) is 15. The summed E-state index contributed by atoms with van der Waals surface area (Å²) in [6.45, 7) is -0.514. The van der Waals surface area contributed by atoms with Crippen molar-refractivity contribution in [3.8, 4) is 0 Å². The van der Waals surface area contributed by atoms with Gasteiger partial charge in [0.05, 0.1) is 39.5 Å². The summed E-state index contributed by atoms with van der Waals surface area (Å²) in [6.07, 6.45) is 2.16. The van der Waals surface area contributed by atoms with E-state index in [0.717, 1.165) is 0 Å². The molecule has 2 N–H and O–H groups in total. The van der Waals surface area contributed by atoms with Crippen LogP contribution in [0.2, 0.25) is 0 Å². The second kappa shape index (κ2) is 8.10. The molecule has 3 rings (SSSR count). The summed E-state index contributed by atoms with van der Waals surface area (Å²) in [5.74, 6) is 0.182. The van der Waals surface area contributed by atoms with Gasteiger partial charge in [-0.25, -0.2) is 19.3 Å². The first-order valence-corrected chi connectivity index (χ1v) is 12.0. The number of nitrogens with zero attached hydrogens (tertiary/aromatic N) is 4. The van der Waals surface area contributed by atoms with E-state index in [1.54, 1.807) is 4.57 Å². The lowest BCUT2D eigenvalue weighted by Crippen LogP contribution is -2.21. The predicted molar refractivity (Wildman–Crippen MR) is 84.1 cm³/mol. The molecule has 3 heterocycles. The van der Waals surface area contributed by atoms with Gasteiger partial charge in [0.25, 0.3) is 15.6 Å². The Morgan fingerprint density at radius 2 is 1.86 bits per heavy atom. The number of phosphoric ester groups is 1. The van der Waals surface area contributed by atoms with Gasteiger partial charge < -0.3 is 43.7 Å². The van der Waals surface area contributed by atoms with Crippen molar-refractivity contribution in [3.05, 3.63) is 12.7 Å². The normalized spacial score (nSPS) is 24.4. The number of hydrogen-bond donors (Lipinski definition) is 1. The fourth-order valence-electron chi connectivity index (χ4n) is 2.59. The Morgan fingerprint density at radius 3 is 2.55 bits per heavy atom. The van der Waals surface area contributed by atoms with Crippen molar-refractivity contribution in [2.24, 2.45) is 0 Å². The van der Waals surface area contributed by atoms with Crippen LogP contribution in [0.3, 0.4) is 0 Å². The Morgan fingerprint density at radius 1 is 1.14 bits per heavy atom. The second-order valence-electron chi connectivity index (χ2n) is 5.73. The fourth-order valence-corrected chi connectivity index (χ4v) is 5.48. The number of fused-ring (bicyclic) bond motifs is 1. The van der Waals surface area contributed by atoms with Crippen molar-refractivity contribution >= 4 is 40.4 Å². The highest BCUT2D eigenvalue weighted by molar-refractivity contribution is 7.64. The van der Waals surface area contributed by atoms with Gasteiger partial charge >= 0.3 is 0 Å². The van der Waals surface area contributed by atoms with E-state index in [2.05, 4.69) is 28.1 Å². The van der Waals surface area contributed by atoms with E-state index >= 15 is 0 Å². The maximum atomic E-state index is 11.5. The van der Waals surface area contributed by atoms with Gasteiger partial charge in [-0.1, -0.05) is 0 Å². The number of phosphoric acid groups is 3. The second-order valence-corrected chi connectivity index (χ2v) is 9.98. The highest BCUT2D eigenvalue weighted by atomic mass is 31.3. The molecule has 162 valence electrons. The molecule has 2 aromatic rings. The maximum absolute atomic E-state index is 11.5. The molecule has 0 spiro atoms. The molecule has 0 amide bonds. The van der Waals surface area contributed by atoms with Crippen molar-refractivity contribution in [2.45, 2.75) is 18.6 Å². The molecule has 4 atom stereocenters. The molecule has 16 nitrogen and oxygen atoms in total. The third kappa shape index (κ3) is 5.87. The summed E-state index contributed by atoms with van der Waals surface area (Å²) in [7, 11) is -17.6. The number of anilines is 1. The van der Waals surface area contributed by atoms with Crippen LogP contribution in [0.25, 0.3) is 11.2 Å². The van der Waals surface area contributed by atoms with Gasteiger partial charge in [0.15, 0.2) is 11.5 Å². The van der Waals surface area contributed by atoms with Gasteiger partial charge in [0, 0.05) is 0 Å². The Kier molecular flexibility index (Phi) is 6.26. The van der Waals surface area contributed by atoms with Crippen LogP contribution in [0.4, 0.5) is 5.82 Å². The van der Waals surface area contributed by atoms with E-state index in [9.17, 15) is 33.3 Å². The first-order valence-electron chi connectivity index (χ1n) is 7.61. The monoisotopic (exact) mass is 471 g/mol. The number of nitrogens with two attached hydrogens (primary N) is 1. The first kappa shape index (κ1) is 22.4. The molecular formula is C10H12N5O11P3-4. The average molecular weight is 471 g/mol. The molecular weight excluding hydrogens is 459 g/mol. The van der Waals surface area contributed by atoms with E-state index in [0.29, 0.717) is 11.2 Å². The molecule has 0 radical (unpaired) electrons. The molecule has 19 heteroatoms. The Bertz CT molecular complexity index is 1040. The van der Waals surface area contributed by atoms with E-state index in [-0.39, 0.29) is 24.9 Å². The largest absolute Gasteiger partial charge is 0.790 e. The average Bonchev–Trinajstić information content (AvgIpc) is 3.16. The van der Waals surface area contributed by atoms with Crippen molar-refractivity contribution < 1.29 is 51.2 Å². The molecule has 0 saturated carbocycles. The maximum Gasteiger partial charge on any atom is 0.278 e. The van der Waals surface area contributed by atoms with Gasteiger partial charge in [-0.05, 0) is 6.42 Å². The summed E-state index contributed by atoms with van der Waals surface area (Å²) in [6, 6.07) is -0.310. The van der Waals surface area contributed by atoms with Crippen molar-refractivity contribution in [2.75, 3.05) is 18.9 Å². The van der Waals surface area contributed by atoms with Crippen molar-refractivity contribution in [3.63, 3.8) is 0 Å². The van der Waals surface area contributed by atoms with Crippen LogP contribution in [0.15, 0.2) is 12.7 Å². The van der Waals surface area contributed by atoms with Gasteiger partial charge in [-0.2, -0.15) is 0 Å². The number of ether oxygens (including phenoxy) is 1. The van der Waals surface area contributed by atoms with Crippen LogP contribution in [0.1, 0.15) is 12.5 Å². The van der Waals surface area contributed by atoms with E-state index < -0.39 is 36.2 Å². The van der Waals surface area contributed by atoms with Gasteiger partial charge in [0.1, 0.15) is 11.8 Å². The Balaban J connectivity index is 1.58. The SMILES string of the molecule is Nc1ncnc2c1ncn2C1COC(COP(=O)([O-])OP(=O)([O-])OP(=O)([O-])[O-])C1. The summed E-state index contributed by atoms with van der Waals surface area (Å²) in [5, 5.41) is 0. The van der Waals surface area contributed by atoms with Gasteiger partial charge in [-0.3, -0.25) is 13.4 Å². The predicted octanol–water partition coefficient (Wildman–Crippen LogP) is -2.45. The molecule has 0 bridgehead atoms. The molecule has 1 saturated heterocycles. The Labute approximate surface area is 162 Å². The lowest BCUT2D eigenvalue weighted by molar-refractivity contribution is -0.339. The molecule has 29 heavy (non-hydrogen) atoms. The van der Waals surface area contributed by atoms with E-state index in [1.807, 2.05) is 0 Å². The van der Waals surface area contributed by atoms with Crippen molar-refractivity contribution in [1.82, 2.24) is 19.5 Å². The summed E-state index contributed by atoms with van der Waals surface area (Å²) in [5.41, 5.74) is 6.53. The molecule has 1 aliphatic rings. The van der Waals surface area contributed by atoms with Crippen LogP contribution >= 0.6 is 23.5 Å². The standard InChI is InChI=1S/C10H16N5O11P3/c11-9-8-10(13-4-12-9)15(5-14-8)6-1-7(23-2-6)3-24-28(19,20)26-29(21,22)25-27(16,17)18/h4-7H,1-3H2,(H,19,20)(H,21,22)(H2,11,12,13)(H2,16,17,18)/p-4. The fraction of sp³-hybridized carbons (Fsp3) is 0.500. The zero-order chi connectivity index (χ0) is 21.4. The quantitative estimate of drug-likeness (QED) is 0.392. The lowest BCUT2D eigenvalue weighted by Gasteiger charge is -2.37. The molecule has 1 fully saturated rings. The van der Waals surface area contributed by atoms with E-state index in [4.69, 9.17) is 10.5 Å². The zero-order valence-corrected chi connectivity index (χ0v) is 16.8. The van der Waals surface area contributed by atoms with Gasteiger partial charge in [-0.15, -0.1) is 0 Å². The Hall–Kier alpha value is -1.28. The summed E-state index contributed by atoms with van der Waals surface area (Å²) in [4.78, 5) is 55.2. The van der Waals surface area contributed by atoms with Crippen LogP contribution in [0.5, 0.6) is 0 Å². The minimum Gasteiger partial charge on any atom is -0.790 e. The third-order valence-corrected chi connectivity index (χ3v) is 7.32. The highest BCUT2D eigenvalue weighted by Gasteiger charge is 2.30. The first-order chi connectivity index (χ1) is 13.4. The lowest BCUT2D eigenvalue weighted by atomic mass is 10.2. The van der Waals surface area contributed by atoms with Crippen molar-refractivity contribution in [1.29, 1.82) is 0 Å². The highest BCUT2D eigenvalue weighted by Crippen LogP contribution is 2.60. The number of nitrogen functional groups attached to an aromatic ring is 1. The number of imidazole rings is 1. The molecule has 2 aromatic heterocycles. The molecule has 4 unspecified atom stereocenters.